The maximum Gasteiger partial charge on any atom is 0.270 e. The molecule has 178 valence electrons. The molecule has 2 amide bonds. The van der Waals surface area contributed by atoms with Gasteiger partial charge in [-0.2, -0.15) is 0 Å². The summed E-state index contributed by atoms with van der Waals surface area (Å²) in [6, 6.07) is 11.2. The number of aromatic nitrogens is 2. The Morgan fingerprint density at radius 1 is 1.17 bits per heavy atom. The van der Waals surface area contributed by atoms with Crippen LogP contribution in [0.1, 0.15) is 36.8 Å². The van der Waals surface area contributed by atoms with Crippen LogP contribution in [0, 0.1) is 17.3 Å². The quantitative estimate of drug-likeness (QED) is 0.583. The number of fused-ring (bicyclic) bond motifs is 1. The Morgan fingerprint density at radius 3 is 2.74 bits per heavy atom. The average molecular weight is 471 g/mol. The van der Waals surface area contributed by atoms with Crippen molar-refractivity contribution in [3.05, 3.63) is 72.3 Å². The molecule has 1 aromatic carbocycles. The largest absolute Gasteiger partial charge is 0.489 e. The fourth-order valence-electron chi connectivity index (χ4n) is 3.31. The molecule has 0 fully saturated rings. The molecule has 2 aromatic heterocycles. The molecule has 0 saturated heterocycles. The van der Waals surface area contributed by atoms with E-state index in [0.717, 1.165) is 5.56 Å². The molecule has 0 radical (unpaired) electrons. The number of ether oxygens (including phenoxy) is 2. The van der Waals surface area contributed by atoms with Crippen molar-refractivity contribution in [1.29, 1.82) is 0 Å². The summed E-state index contributed by atoms with van der Waals surface area (Å²) in [4.78, 5) is 35.7. The van der Waals surface area contributed by atoms with Gasteiger partial charge < -0.3 is 19.7 Å². The predicted octanol–water partition coefficient (Wildman–Crippen LogP) is 3.82. The van der Waals surface area contributed by atoms with E-state index in [0.29, 0.717) is 22.9 Å². The zero-order chi connectivity index (χ0) is 25.0. The van der Waals surface area contributed by atoms with E-state index in [1.807, 2.05) is 32.9 Å². The van der Waals surface area contributed by atoms with Gasteiger partial charge in [0.2, 0.25) is 0 Å². The van der Waals surface area contributed by atoms with E-state index in [2.05, 4.69) is 27.1 Å². The van der Waals surface area contributed by atoms with Crippen LogP contribution >= 0.6 is 0 Å². The third-order valence-electron chi connectivity index (χ3n) is 5.08. The van der Waals surface area contributed by atoms with Crippen LogP contribution in [-0.2, 0) is 4.79 Å². The zero-order valence-electron chi connectivity index (χ0n) is 20.0. The van der Waals surface area contributed by atoms with Gasteiger partial charge in [-0.3, -0.25) is 19.6 Å². The lowest BCUT2D eigenvalue weighted by molar-refractivity contribution is -0.120. The Bertz CT molecular complexity index is 1310. The number of anilines is 1. The third kappa shape index (κ3) is 5.95. The van der Waals surface area contributed by atoms with Crippen LogP contribution in [0.5, 0.6) is 17.2 Å². The van der Waals surface area contributed by atoms with Gasteiger partial charge in [-0.05, 0) is 57.2 Å². The standard InChI is InChI=1S/C27H26N4O4/c1-27(2,3)11-9-18-7-8-24-23(14-18)31(4)26(33)22(17-34-24)30-25(32)21-15-19(10-13-29-21)35-20-6-5-12-28-16-20/h5-8,10,12-16,22H,17H2,1-4H3,(H,30,32)/t22-/m0/s1. The molecule has 1 aliphatic rings. The number of amides is 2. The molecule has 4 rings (SSSR count). The average Bonchev–Trinajstić information content (AvgIpc) is 2.95. The minimum absolute atomic E-state index is 0.0131. The fourth-order valence-corrected chi connectivity index (χ4v) is 3.31. The smallest absolute Gasteiger partial charge is 0.270 e. The lowest BCUT2D eigenvalue weighted by Gasteiger charge is -2.20. The van der Waals surface area contributed by atoms with E-state index in [1.54, 1.807) is 43.7 Å². The number of nitrogens with zero attached hydrogens (tertiary/aromatic N) is 3. The van der Waals surface area contributed by atoms with Crippen LogP contribution in [0.2, 0.25) is 0 Å². The van der Waals surface area contributed by atoms with Gasteiger partial charge in [0.05, 0.1) is 11.9 Å². The van der Waals surface area contributed by atoms with Crippen molar-refractivity contribution in [3.63, 3.8) is 0 Å². The van der Waals surface area contributed by atoms with Crippen molar-refractivity contribution in [2.24, 2.45) is 5.41 Å². The second-order valence-corrected chi connectivity index (χ2v) is 9.08. The normalized spacial score (nSPS) is 15.1. The van der Waals surface area contributed by atoms with E-state index >= 15 is 0 Å². The zero-order valence-corrected chi connectivity index (χ0v) is 20.0. The number of benzene rings is 1. The third-order valence-corrected chi connectivity index (χ3v) is 5.08. The molecular formula is C27H26N4O4. The highest BCUT2D eigenvalue weighted by Crippen LogP contribution is 2.31. The molecule has 0 bridgehead atoms. The number of hydrogen-bond donors (Lipinski definition) is 1. The van der Waals surface area contributed by atoms with E-state index in [-0.39, 0.29) is 23.6 Å². The monoisotopic (exact) mass is 470 g/mol. The Hall–Kier alpha value is -4.38. The Morgan fingerprint density at radius 2 is 2.00 bits per heavy atom. The van der Waals surface area contributed by atoms with Gasteiger partial charge in [-0.25, -0.2) is 0 Å². The van der Waals surface area contributed by atoms with Crippen LogP contribution in [0.4, 0.5) is 5.69 Å². The molecule has 1 atom stereocenters. The number of rotatable bonds is 4. The Labute approximate surface area is 204 Å². The molecule has 1 N–H and O–H groups in total. The second kappa shape index (κ2) is 9.85. The summed E-state index contributed by atoms with van der Waals surface area (Å²) in [6.45, 7) is 6.09. The van der Waals surface area contributed by atoms with E-state index in [4.69, 9.17) is 9.47 Å². The fraction of sp³-hybridized carbons (Fsp3) is 0.259. The summed E-state index contributed by atoms with van der Waals surface area (Å²) in [6.07, 6.45) is 4.67. The van der Waals surface area contributed by atoms with Crippen LogP contribution in [-0.4, -0.2) is 41.5 Å². The van der Waals surface area contributed by atoms with Gasteiger partial charge in [-0.1, -0.05) is 11.8 Å². The number of carbonyl (C=O) groups excluding carboxylic acids is 2. The lowest BCUT2D eigenvalue weighted by atomic mass is 9.97. The van der Waals surface area contributed by atoms with E-state index in [1.165, 1.54) is 17.2 Å². The summed E-state index contributed by atoms with van der Waals surface area (Å²) in [5.41, 5.74) is 1.34. The molecule has 0 spiro atoms. The summed E-state index contributed by atoms with van der Waals surface area (Å²) >= 11 is 0. The van der Waals surface area contributed by atoms with Crippen molar-refractivity contribution in [2.75, 3.05) is 18.6 Å². The van der Waals surface area contributed by atoms with Gasteiger partial charge >= 0.3 is 0 Å². The van der Waals surface area contributed by atoms with Crippen molar-refractivity contribution < 1.29 is 19.1 Å². The van der Waals surface area contributed by atoms with Crippen molar-refractivity contribution in [3.8, 4) is 29.1 Å². The van der Waals surface area contributed by atoms with Gasteiger partial charge in [0, 0.05) is 36.5 Å². The molecule has 0 aliphatic carbocycles. The molecule has 0 unspecified atom stereocenters. The van der Waals surface area contributed by atoms with Crippen LogP contribution in [0.3, 0.4) is 0 Å². The Kier molecular flexibility index (Phi) is 6.69. The molecule has 8 nitrogen and oxygen atoms in total. The molecule has 3 heterocycles. The summed E-state index contributed by atoms with van der Waals surface area (Å²) < 4.78 is 11.6. The van der Waals surface area contributed by atoms with Gasteiger partial charge in [-0.15, -0.1) is 0 Å². The minimum Gasteiger partial charge on any atom is -0.489 e. The van der Waals surface area contributed by atoms with E-state index < -0.39 is 11.9 Å². The molecule has 0 saturated carbocycles. The first-order chi connectivity index (χ1) is 16.7. The predicted molar refractivity (Wildman–Crippen MR) is 131 cm³/mol. The van der Waals surface area contributed by atoms with Crippen LogP contribution in [0.15, 0.2) is 61.1 Å². The molecule has 8 heteroatoms. The number of carbonyl (C=O) groups is 2. The molecule has 3 aromatic rings. The number of hydrogen-bond acceptors (Lipinski definition) is 6. The lowest BCUT2D eigenvalue weighted by Crippen LogP contribution is -2.49. The van der Waals surface area contributed by atoms with Gasteiger partial charge in [0.25, 0.3) is 11.8 Å². The summed E-state index contributed by atoms with van der Waals surface area (Å²) in [5, 5.41) is 2.73. The van der Waals surface area contributed by atoms with Gasteiger partial charge in [0.1, 0.15) is 35.6 Å². The molecular weight excluding hydrogens is 444 g/mol. The second-order valence-electron chi connectivity index (χ2n) is 9.08. The SMILES string of the molecule is CN1C(=O)[C@@H](NC(=O)c2cc(Oc3cccnc3)ccn2)COc2ccc(C#CC(C)(C)C)cc21. The highest BCUT2D eigenvalue weighted by Gasteiger charge is 2.31. The van der Waals surface area contributed by atoms with Crippen molar-refractivity contribution >= 4 is 17.5 Å². The maximum atomic E-state index is 13.2. The van der Waals surface area contributed by atoms with Crippen molar-refractivity contribution in [2.45, 2.75) is 26.8 Å². The molecule has 1 aliphatic heterocycles. The first-order valence-corrected chi connectivity index (χ1v) is 11.1. The molecule has 35 heavy (non-hydrogen) atoms. The number of nitrogens with one attached hydrogen (secondary N) is 1. The first-order valence-electron chi connectivity index (χ1n) is 11.1. The highest BCUT2D eigenvalue weighted by molar-refractivity contribution is 6.03. The first kappa shape index (κ1) is 23.8. The van der Waals surface area contributed by atoms with Crippen LogP contribution < -0.4 is 19.7 Å². The highest BCUT2D eigenvalue weighted by atomic mass is 16.5. The minimum atomic E-state index is -0.895. The maximum absolute atomic E-state index is 13.2. The summed E-state index contributed by atoms with van der Waals surface area (Å²) in [5.74, 6) is 7.01. The van der Waals surface area contributed by atoms with Crippen molar-refractivity contribution in [1.82, 2.24) is 15.3 Å². The summed E-state index contributed by atoms with van der Waals surface area (Å²) in [7, 11) is 1.65. The van der Waals surface area contributed by atoms with Gasteiger partial charge in [0.15, 0.2) is 0 Å². The number of pyridine rings is 2. The Balaban J connectivity index is 1.48. The number of likely N-dealkylation sites (N-methyl/N-ethyl adjacent to an activating group) is 1. The topological polar surface area (TPSA) is 93.7 Å². The van der Waals surface area contributed by atoms with Crippen LogP contribution in [0.25, 0.3) is 0 Å². The van der Waals surface area contributed by atoms with E-state index in [9.17, 15) is 9.59 Å².